The van der Waals surface area contributed by atoms with E-state index in [1.165, 1.54) is 30.6 Å². The second-order valence-corrected chi connectivity index (χ2v) is 7.89. The zero-order chi connectivity index (χ0) is 16.2. The topological polar surface area (TPSA) is 49.4 Å². The van der Waals surface area contributed by atoms with Crippen LogP contribution < -0.4 is 5.32 Å². The highest BCUT2D eigenvalue weighted by molar-refractivity contribution is 7.12. The lowest BCUT2D eigenvalue weighted by molar-refractivity contribution is -0.127. The first-order valence-corrected chi connectivity index (χ1v) is 9.66. The smallest absolute Gasteiger partial charge is 0.263 e. The van der Waals surface area contributed by atoms with Gasteiger partial charge >= 0.3 is 0 Å². The van der Waals surface area contributed by atoms with Crippen LogP contribution >= 0.6 is 11.3 Å². The van der Waals surface area contributed by atoms with Gasteiger partial charge in [-0.3, -0.25) is 9.59 Å². The molecule has 3 atom stereocenters. The maximum atomic E-state index is 12.6. The summed E-state index contributed by atoms with van der Waals surface area (Å²) in [6, 6.07) is 4.08. The molecule has 1 aromatic rings. The van der Waals surface area contributed by atoms with Crippen LogP contribution in [0, 0.1) is 11.8 Å². The molecule has 4 nitrogen and oxygen atoms in total. The fourth-order valence-corrected chi connectivity index (χ4v) is 4.45. The van der Waals surface area contributed by atoms with Crippen LogP contribution in [0.15, 0.2) is 17.5 Å². The quantitative estimate of drug-likeness (QED) is 0.922. The first-order valence-electron chi connectivity index (χ1n) is 8.78. The fraction of sp³-hybridized carbons (Fsp3) is 0.667. The van der Waals surface area contributed by atoms with E-state index >= 15 is 0 Å². The molecule has 2 aliphatic rings. The minimum Gasteiger partial charge on any atom is -0.353 e. The number of carbonyl (C=O) groups excluding carboxylic acids is 2. The second-order valence-electron chi connectivity index (χ2n) is 6.94. The van der Waals surface area contributed by atoms with E-state index in [9.17, 15) is 9.59 Å². The van der Waals surface area contributed by atoms with E-state index < -0.39 is 0 Å². The highest BCUT2D eigenvalue weighted by Gasteiger charge is 2.31. The second kappa shape index (κ2) is 7.47. The summed E-state index contributed by atoms with van der Waals surface area (Å²) >= 11 is 1.47. The number of rotatable bonds is 3. The van der Waals surface area contributed by atoms with Crippen LogP contribution in [-0.2, 0) is 4.79 Å². The lowest BCUT2D eigenvalue weighted by Gasteiger charge is -2.35. The molecule has 23 heavy (non-hydrogen) atoms. The van der Waals surface area contributed by atoms with Crippen molar-refractivity contribution in [3.63, 3.8) is 0 Å². The van der Waals surface area contributed by atoms with Crippen LogP contribution in [0.4, 0.5) is 0 Å². The molecule has 2 heterocycles. The van der Waals surface area contributed by atoms with Gasteiger partial charge in [0.2, 0.25) is 5.91 Å². The molecular formula is C18H26N2O2S. The van der Waals surface area contributed by atoms with Crippen molar-refractivity contribution in [3.8, 4) is 0 Å². The molecule has 0 unspecified atom stereocenters. The third kappa shape index (κ3) is 3.94. The van der Waals surface area contributed by atoms with Gasteiger partial charge in [0.25, 0.3) is 5.91 Å². The SMILES string of the molecule is C[C@@H]1CCCC[C@@H]1NC(=O)[C@H]1CCCN(C(=O)c2cccs2)C1. The Balaban J connectivity index is 1.57. The largest absolute Gasteiger partial charge is 0.353 e. The van der Waals surface area contributed by atoms with E-state index in [1.54, 1.807) is 0 Å². The van der Waals surface area contributed by atoms with Gasteiger partial charge in [-0.05, 0) is 43.0 Å². The van der Waals surface area contributed by atoms with Crippen molar-refractivity contribution in [1.82, 2.24) is 10.2 Å². The van der Waals surface area contributed by atoms with Crippen molar-refractivity contribution in [3.05, 3.63) is 22.4 Å². The minimum atomic E-state index is -0.0539. The van der Waals surface area contributed by atoms with Crippen molar-refractivity contribution in [1.29, 1.82) is 0 Å². The Morgan fingerprint density at radius 3 is 2.78 bits per heavy atom. The molecule has 1 aliphatic carbocycles. The molecule has 1 aliphatic heterocycles. The van der Waals surface area contributed by atoms with E-state index in [0.29, 0.717) is 18.5 Å². The molecule has 1 saturated carbocycles. The summed E-state index contributed by atoms with van der Waals surface area (Å²) < 4.78 is 0. The summed E-state index contributed by atoms with van der Waals surface area (Å²) in [6.07, 6.45) is 6.59. The highest BCUT2D eigenvalue weighted by Crippen LogP contribution is 2.25. The number of amides is 2. The molecule has 0 bridgehead atoms. The number of hydrogen-bond donors (Lipinski definition) is 1. The summed E-state index contributed by atoms with van der Waals surface area (Å²) in [5, 5.41) is 5.18. The van der Waals surface area contributed by atoms with Gasteiger partial charge in [0.15, 0.2) is 0 Å². The van der Waals surface area contributed by atoms with Gasteiger partial charge in [-0.1, -0.05) is 25.8 Å². The molecule has 3 rings (SSSR count). The van der Waals surface area contributed by atoms with Crippen molar-refractivity contribution in [2.75, 3.05) is 13.1 Å². The molecule has 0 spiro atoms. The van der Waals surface area contributed by atoms with Crippen LogP contribution in [0.25, 0.3) is 0 Å². The lowest BCUT2D eigenvalue weighted by Crippen LogP contribution is -2.49. The molecule has 2 fully saturated rings. The molecule has 2 amide bonds. The van der Waals surface area contributed by atoms with Crippen LogP contribution in [0.5, 0.6) is 0 Å². The zero-order valence-corrected chi connectivity index (χ0v) is 14.6. The number of thiophene rings is 1. The lowest BCUT2D eigenvalue weighted by atomic mass is 9.85. The predicted octanol–water partition coefficient (Wildman–Crippen LogP) is 3.30. The van der Waals surface area contributed by atoms with Crippen LogP contribution in [-0.4, -0.2) is 35.8 Å². The van der Waals surface area contributed by atoms with Gasteiger partial charge in [-0.25, -0.2) is 0 Å². The van der Waals surface area contributed by atoms with Crippen molar-refractivity contribution in [2.45, 2.75) is 51.5 Å². The number of nitrogens with one attached hydrogen (secondary N) is 1. The van der Waals surface area contributed by atoms with Gasteiger partial charge in [0.1, 0.15) is 0 Å². The fourth-order valence-electron chi connectivity index (χ4n) is 3.76. The Morgan fingerprint density at radius 2 is 2.04 bits per heavy atom. The van der Waals surface area contributed by atoms with Crippen LogP contribution in [0.2, 0.25) is 0 Å². The number of piperidine rings is 1. The Kier molecular flexibility index (Phi) is 5.36. The highest BCUT2D eigenvalue weighted by atomic mass is 32.1. The third-order valence-electron chi connectivity index (χ3n) is 5.25. The van der Waals surface area contributed by atoms with E-state index in [1.807, 2.05) is 22.4 Å². The number of likely N-dealkylation sites (tertiary alicyclic amines) is 1. The average Bonchev–Trinajstić information content (AvgIpc) is 3.11. The minimum absolute atomic E-state index is 0.0539. The van der Waals surface area contributed by atoms with Crippen molar-refractivity contribution >= 4 is 23.2 Å². The standard InChI is InChI=1S/C18H26N2O2S/c1-13-6-2-3-8-15(13)19-17(21)14-7-4-10-20(12-14)18(22)16-9-5-11-23-16/h5,9,11,13-15H,2-4,6-8,10,12H2,1H3,(H,19,21)/t13-,14+,15+/m1/s1. The summed E-state index contributed by atoms with van der Waals surface area (Å²) in [5.41, 5.74) is 0. The number of nitrogens with zero attached hydrogens (tertiary/aromatic N) is 1. The summed E-state index contributed by atoms with van der Waals surface area (Å²) in [6.45, 7) is 3.56. The van der Waals surface area contributed by atoms with Gasteiger partial charge < -0.3 is 10.2 Å². The molecule has 5 heteroatoms. The Labute approximate surface area is 142 Å². The summed E-state index contributed by atoms with van der Waals surface area (Å²) in [4.78, 5) is 27.7. The maximum absolute atomic E-state index is 12.6. The van der Waals surface area contributed by atoms with E-state index in [2.05, 4.69) is 12.2 Å². The van der Waals surface area contributed by atoms with Gasteiger partial charge in [-0.2, -0.15) is 0 Å². The van der Waals surface area contributed by atoms with E-state index in [-0.39, 0.29) is 17.7 Å². The van der Waals surface area contributed by atoms with Gasteiger partial charge in [0.05, 0.1) is 10.8 Å². The Bertz CT molecular complexity index is 543. The molecule has 1 N–H and O–H groups in total. The molecule has 0 aromatic carbocycles. The zero-order valence-electron chi connectivity index (χ0n) is 13.8. The number of hydrogen-bond acceptors (Lipinski definition) is 3. The van der Waals surface area contributed by atoms with Crippen molar-refractivity contribution in [2.24, 2.45) is 11.8 Å². The number of carbonyl (C=O) groups is 2. The monoisotopic (exact) mass is 334 g/mol. The first-order chi connectivity index (χ1) is 11.1. The Hall–Kier alpha value is -1.36. The third-order valence-corrected chi connectivity index (χ3v) is 6.11. The summed E-state index contributed by atoms with van der Waals surface area (Å²) in [7, 11) is 0. The molecule has 1 saturated heterocycles. The van der Waals surface area contributed by atoms with Gasteiger partial charge in [-0.15, -0.1) is 11.3 Å². The average molecular weight is 334 g/mol. The molecule has 126 valence electrons. The summed E-state index contributed by atoms with van der Waals surface area (Å²) in [5.74, 6) is 0.734. The Morgan fingerprint density at radius 1 is 1.22 bits per heavy atom. The molecular weight excluding hydrogens is 308 g/mol. The first kappa shape index (κ1) is 16.5. The normalized spacial score (nSPS) is 28.4. The van der Waals surface area contributed by atoms with Gasteiger partial charge in [0, 0.05) is 19.1 Å². The van der Waals surface area contributed by atoms with Crippen molar-refractivity contribution < 1.29 is 9.59 Å². The van der Waals surface area contributed by atoms with Crippen LogP contribution in [0.3, 0.4) is 0 Å². The van der Waals surface area contributed by atoms with E-state index in [0.717, 1.165) is 30.7 Å². The molecule has 0 radical (unpaired) electrons. The van der Waals surface area contributed by atoms with E-state index in [4.69, 9.17) is 0 Å². The maximum Gasteiger partial charge on any atom is 0.263 e. The predicted molar refractivity (Wildman–Crippen MR) is 92.5 cm³/mol. The molecule has 1 aromatic heterocycles. The van der Waals surface area contributed by atoms with Crippen LogP contribution in [0.1, 0.15) is 55.1 Å².